The largest absolute Gasteiger partial charge is 0.411 e. The van der Waals surface area contributed by atoms with Crippen molar-refractivity contribution in [2.24, 2.45) is 0 Å². The number of amides is 1. The summed E-state index contributed by atoms with van der Waals surface area (Å²) in [5.74, 6) is -0.303. The average molecular weight is 374 g/mol. The number of hydrogen-bond acceptors (Lipinski definition) is 6. The molecule has 1 aromatic heterocycles. The number of nitriles is 1. The second-order valence-corrected chi connectivity index (χ2v) is 7.68. The number of carbonyl (C=O) groups is 1. The molecule has 1 fully saturated rings. The second kappa shape index (κ2) is 7.87. The van der Waals surface area contributed by atoms with Crippen LogP contribution in [0.15, 0.2) is 33.9 Å². The third-order valence-corrected chi connectivity index (χ3v) is 5.36. The number of carbonyl (C=O) groups excluding carboxylic acids is 1. The fourth-order valence-corrected chi connectivity index (χ4v) is 3.61. The van der Waals surface area contributed by atoms with Crippen LogP contribution in [0.5, 0.6) is 0 Å². The third kappa shape index (κ3) is 4.22. The molecule has 1 amide bonds. The van der Waals surface area contributed by atoms with Gasteiger partial charge in [-0.2, -0.15) is 5.26 Å². The van der Waals surface area contributed by atoms with E-state index in [1.165, 1.54) is 12.1 Å². The van der Waals surface area contributed by atoms with E-state index in [2.05, 4.69) is 21.6 Å². The first-order valence-electron chi connectivity index (χ1n) is 8.51. The average Bonchev–Trinajstić information content (AvgIpc) is 3.11. The molecule has 1 saturated carbocycles. The van der Waals surface area contributed by atoms with Crippen molar-refractivity contribution in [2.45, 2.75) is 55.0 Å². The topological polar surface area (TPSA) is 91.8 Å². The maximum absolute atomic E-state index is 13.0. The van der Waals surface area contributed by atoms with Gasteiger partial charge in [-0.05, 0) is 44.0 Å². The zero-order valence-electron chi connectivity index (χ0n) is 14.4. The number of aromatic nitrogens is 2. The Bertz CT molecular complexity index is 809. The molecule has 0 radical (unpaired) electrons. The highest BCUT2D eigenvalue weighted by Gasteiger charge is 2.35. The van der Waals surface area contributed by atoms with E-state index in [0.717, 1.165) is 31.0 Å². The van der Waals surface area contributed by atoms with Gasteiger partial charge in [0.05, 0.1) is 11.3 Å². The Labute approximate surface area is 155 Å². The molecule has 0 spiro atoms. The number of thioether (sulfide) groups is 1. The molecule has 1 N–H and O–H groups in total. The Morgan fingerprint density at radius 3 is 2.65 bits per heavy atom. The highest BCUT2D eigenvalue weighted by Crippen LogP contribution is 2.30. The summed E-state index contributed by atoms with van der Waals surface area (Å²) in [5.41, 5.74) is -0.161. The molecular formula is C18H19FN4O2S. The van der Waals surface area contributed by atoms with Gasteiger partial charge in [-0.15, -0.1) is 10.2 Å². The van der Waals surface area contributed by atoms with Gasteiger partial charge < -0.3 is 9.73 Å². The maximum Gasteiger partial charge on any atom is 0.277 e. The van der Waals surface area contributed by atoms with Gasteiger partial charge in [0.15, 0.2) is 0 Å². The van der Waals surface area contributed by atoms with E-state index in [1.54, 1.807) is 19.1 Å². The lowest BCUT2D eigenvalue weighted by Crippen LogP contribution is -2.50. The van der Waals surface area contributed by atoms with Crippen LogP contribution in [-0.2, 0) is 4.79 Å². The molecule has 136 valence electrons. The molecule has 1 heterocycles. The Morgan fingerprint density at radius 1 is 1.31 bits per heavy atom. The van der Waals surface area contributed by atoms with Crippen molar-refractivity contribution in [3.63, 3.8) is 0 Å². The summed E-state index contributed by atoms with van der Waals surface area (Å²) in [5, 5.41) is 20.0. The number of rotatable bonds is 5. The van der Waals surface area contributed by atoms with Gasteiger partial charge in [-0.25, -0.2) is 4.39 Å². The zero-order chi connectivity index (χ0) is 18.6. The highest BCUT2D eigenvalue weighted by atomic mass is 32.2. The molecule has 1 aromatic carbocycles. The monoisotopic (exact) mass is 374 g/mol. The lowest BCUT2D eigenvalue weighted by atomic mass is 9.83. The molecule has 1 aliphatic rings. The Balaban J connectivity index is 1.62. The fraction of sp³-hybridized carbons (Fsp3) is 0.444. The van der Waals surface area contributed by atoms with E-state index in [0.29, 0.717) is 18.4 Å². The van der Waals surface area contributed by atoms with Crippen LogP contribution in [0.3, 0.4) is 0 Å². The number of benzene rings is 1. The van der Waals surface area contributed by atoms with Crippen LogP contribution in [0, 0.1) is 17.1 Å². The normalized spacial score (nSPS) is 17.3. The molecular weight excluding hydrogens is 355 g/mol. The summed E-state index contributed by atoms with van der Waals surface area (Å²) in [7, 11) is 0. The molecule has 0 unspecified atom stereocenters. The van der Waals surface area contributed by atoms with E-state index < -0.39 is 10.8 Å². The Kier molecular flexibility index (Phi) is 5.57. The molecule has 1 aliphatic carbocycles. The first kappa shape index (κ1) is 18.4. The molecule has 2 aromatic rings. The number of nitrogens with one attached hydrogen (secondary N) is 1. The molecule has 0 aliphatic heterocycles. The van der Waals surface area contributed by atoms with Gasteiger partial charge in [-0.1, -0.05) is 31.0 Å². The van der Waals surface area contributed by atoms with Crippen LogP contribution in [-0.4, -0.2) is 26.9 Å². The van der Waals surface area contributed by atoms with Crippen molar-refractivity contribution < 1.29 is 13.6 Å². The lowest BCUT2D eigenvalue weighted by molar-refractivity contribution is -0.122. The van der Waals surface area contributed by atoms with Crippen LogP contribution < -0.4 is 5.32 Å². The second-order valence-electron chi connectivity index (χ2n) is 6.38. The van der Waals surface area contributed by atoms with Crippen molar-refractivity contribution >= 4 is 17.7 Å². The lowest BCUT2D eigenvalue weighted by Gasteiger charge is -2.32. The minimum absolute atomic E-state index is 0.222. The van der Waals surface area contributed by atoms with Crippen LogP contribution in [0.2, 0.25) is 0 Å². The first-order valence-corrected chi connectivity index (χ1v) is 9.39. The molecule has 8 heteroatoms. The smallest absolute Gasteiger partial charge is 0.277 e. The van der Waals surface area contributed by atoms with E-state index in [-0.39, 0.29) is 22.8 Å². The van der Waals surface area contributed by atoms with E-state index in [4.69, 9.17) is 4.42 Å². The molecule has 1 atom stereocenters. The van der Waals surface area contributed by atoms with Gasteiger partial charge in [0.1, 0.15) is 11.4 Å². The number of hydrogen-bond donors (Lipinski definition) is 1. The fourth-order valence-electron chi connectivity index (χ4n) is 2.93. The van der Waals surface area contributed by atoms with Crippen molar-refractivity contribution in [1.29, 1.82) is 5.26 Å². The van der Waals surface area contributed by atoms with Gasteiger partial charge in [0.2, 0.25) is 11.8 Å². The molecule has 0 saturated heterocycles. The van der Waals surface area contributed by atoms with Gasteiger partial charge in [0, 0.05) is 5.56 Å². The molecule has 0 bridgehead atoms. The van der Waals surface area contributed by atoms with Gasteiger partial charge >= 0.3 is 0 Å². The van der Waals surface area contributed by atoms with Crippen LogP contribution in [0.4, 0.5) is 4.39 Å². The van der Waals surface area contributed by atoms with E-state index in [9.17, 15) is 14.4 Å². The van der Waals surface area contributed by atoms with E-state index in [1.807, 2.05) is 0 Å². The summed E-state index contributed by atoms with van der Waals surface area (Å²) in [6, 6.07) is 8.00. The number of halogens is 1. The minimum atomic E-state index is -0.766. The molecule has 3 rings (SSSR count). The quantitative estimate of drug-likeness (QED) is 0.803. The van der Waals surface area contributed by atoms with Crippen molar-refractivity contribution in [3.05, 3.63) is 30.1 Å². The first-order chi connectivity index (χ1) is 12.5. The summed E-state index contributed by atoms with van der Waals surface area (Å²) >= 11 is 1.13. The maximum atomic E-state index is 13.0. The minimum Gasteiger partial charge on any atom is -0.411 e. The zero-order valence-corrected chi connectivity index (χ0v) is 15.2. The van der Waals surface area contributed by atoms with Crippen molar-refractivity contribution in [1.82, 2.24) is 15.5 Å². The van der Waals surface area contributed by atoms with E-state index >= 15 is 0 Å². The Morgan fingerprint density at radius 2 is 2.00 bits per heavy atom. The summed E-state index contributed by atoms with van der Waals surface area (Å²) in [4.78, 5) is 12.5. The van der Waals surface area contributed by atoms with Crippen LogP contribution in [0.1, 0.15) is 39.0 Å². The summed E-state index contributed by atoms with van der Waals surface area (Å²) in [6.07, 6.45) is 4.35. The van der Waals surface area contributed by atoms with Crippen LogP contribution in [0.25, 0.3) is 11.5 Å². The number of nitrogens with zero attached hydrogens (tertiary/aromatic N) is 3. The van der Waals surface area contributed by atoms with Crippen molar-refractivity contribution in [3.8, 4) is 17.5 Å². The van der Waals surface area contributed by atoms with Gasteiger partial charge in [0.25, 0.3) is 5.22 Å². The molecule has 6 nitrogen and oxygen atoms in total. The summed E-state index contributed by atoms with van der Waals surface area (Å²) < 4.78 is 18.5. The predicted molar refractivity (Wildman–Crippen MR) is 94.6 cm³/mol. The standard InChI is InChI=1S/C18H19FN4O2S/c1-12(15(24)21-18(11-20)9-3-2-4-10-18)26-17-23-22-16(25-17)13-5-7-14(19)8-6-13/h5-8,12H,2-4,9-10H2,1H3,(H,21,24)/t12-/m1/s1. The SMILES string of the molecule is C[C@@H](Sc1nnc(-c2ccc(F)cc2)o1)C(=O)NC1(C#N)CCCCC1. The highest BCUT2D eigenvalue weighted by molar-refractivity contribution is 8.00. The van der Waals surface area contributed by atoms with Gasteiger partial charge in [-0.3, -0.25) is 4.79 Å². The third-order valence-electron chi connectivity index (χ3n) is 4.43. The summed E-state index contributed by atoms with van der Waals surface area (Å²) in [6.45, 7) is 1.73. The van der Waals surface area contributed by atoms with Crippen LogP contribution >= 0.6 is 11.8 Å². The van der Waals surface area contributed by atoms with Crippen molar-refractivity contribution in [2.75, 3.05) is 0 Å². The Hall–Kier alpha value is -2.40. The predicted octanol–water partition coefficient (Wildman–Crippen LogP) is 3.70. The molecule has 26 heavy (non-hydrogen) atoms.